The Bertz CT molecular complexity index is 1650. The average molecular weight is 639 g/mol. The summed E-state index contributed by atoms with van der Waals surface area (Å²) < 4.78 is 29.0. The van der Waals surface area contributed by atoms with Crippen LogP contribution in [0.15, 0.2) is 114 Å². The second-order valence-electron chi connectivity index (χ2n) is 10.3. The molecule has 0 unspecified atom stereocenters. The SMILES string of the molecule is CC(C)NC(=O)[C@@H](Cc1ccccc1)N(Cc1cccc(Cl)c1)C(=O)CN(c1cccc(Cl)c1)S(=O)(=O)c1ccccc1. The van der Waals surface area contributed by atoms with Gasteiger partial charge in [0.25, 0.3) is 10.0 Å². The minimum atomic E-state index is -4.20. The fourth-order valence-corrected chi connectivity index (χ4v) is 6.47. The molecule has 0 spiro atoms. The summed E-state index contributed by atoms with van der Waals surface area (Å²) in [4.78, 5) is 29.5. The van der Waals surface area contributed by atoms with Crippen molar-refractivity contribution >= 4 is 50.7 Å². The van der Waals surface area contributed by atoms with E-state index in [-0.39, 0.29) is 35.5 Å². The van der Waals surface area contributed by atoms with Crippen molar-refractivity contribution in [1.29, 1.82) is 0 Å². The number of amides is 2. The normalized spacial score (nSPS) is 12.0. The Morgan fingerprint density at radius 3 is 1.95 bits per heavy atom. The van der Waals surface area contributed by atoms with Crippen LogP contribution in [0, 0.1) is 0 Å². The number of carbonyl (C=O) groups excluding carboxylic acids is 2. The second kappa shape index (κ2) is 14.6. The Balaban J connectivity index is 1.80. The number of anilines is 1. The lowest BCUT2D eigenvalue weighted by Gasteiger charge is -2.34. The Hall–Kier alpha value is -3.85. The Kier molecular flexibility index (Phi) is 10.9. The van der Waals surface area contributed by atoms with Crippen molar-refractivity contribution in [2.24, 2.45) is 0 Å². The van der Waals surface area contributed by atoms with Crippen LogP contribution < -0.4 is 9.62 Å². The molecule has 4 rings (SSSR count). The van der Waals surface area contributed by atoms with Crippen LogP contribution in [0.1, 0.15) is 25.0 Å². The molecule has 4 aromatic carbocycles. The first kappa shape index (κ1) is 32.1. The third-order valence-electron chi connectivity index (χ3n) is 6.65. The highest BCUT2D eigenvalue weighted by Gasteiger charge is 2.34. The predicted molar refractivity (Wildman–Crippen MR) is 172 cm³/mol. The van der Waals surface area contributed by atoms with Gasteiger partial charge in [-0.2, -0.15) is 0 Å². The summed E-state index contributed by atoms with van der Waals surface area (Å²) in [6.45, 7) is 3.14. The van der Waals surface area contributed by atoms with Crippen molar-refractivity contribution in [3.8, 4) is 0 Å². The van der Waals surface area contributed by atoms with E-state index in [1.165, 1.54) is 23.1 Å². The summed E-state index contributed by atoms with van der Waals surface area (Å²) >= 11 is 12.5. The third-order valence-corrected chi connectivity index (χ3v) is 8.91. The topological polar surface area (TPSA) is 86.8 Å². The first-order valence-corrected chi connectivity index (χ1v) is 16.0. The zero-order chi connectivity index (χ0) is 31.0. The molecule has 0 saturated heterocycles. The number of sulfonamides is 1. The maximum Gasteiger partial charge on any atom is 0.264 e. The van der Waals surface area contributed by atoms with E-state index in [4.69, 9.17) is 23.2 Å². The van der Waals surface area contributed by atoms with Gasteiger partial charge in [0, 0.05) is 29.1 Å². The van der Waals surface area contributed by atoms with Crippen LogP contribution in [0.3, 0.4) is 0 Å². The number of halogens is 2. The van der Waals surface area contributed by atoms with Gasteiger partial charge in [0.1, 0.15) is 12.6 Å². The Morgan fingerprint density at radius 2 is 1.35 bits per heavy atom. The molecule has 0 fully saturated rings. The molecule has 0 bridgehead atoms. The van der Waals surface area contributed by atoms with Crippen molar-refractivity contribution in [3.05, 3.63) is 130 Å². The molecule has 0 heterocycles. The molecule has 0 saturated carbocycles. The summed E-state index contributed by atoms with van der Waals surface area (Å²) in [6, 6.07) is 29.4. The van der Waals surface area contributed by atoms with E-state index in [0.29, 0.717) is 15.6 Å². The molecule has 43 heavy (non-hydrogen) atoms. The van der Waals surface area contributed by atoms with E-state index >= 15 is 0 Å². The minimum Gasteiger partial charge on any atom is -0.352 e. The van der Waals surface area contributed by atoms with Crippen molar-refractivity contribution in [3.63, 3.8) is 0 Å². The maximum atomic E-state index is 14.4. The molecule has 0 aliphatic rings. The molecule has 2 amide bonds. The van der Waals surface area contributed by atoms with Crippen molar-refractivity contribution in [1.82, 2.24) is 10.2 Å². The highest BCUT2D eigenvalue weighted by Crippen LogP contribution is 2.27. The number of nitrogens with one attached hydrogen (secondary N) is 1. The number of carbonyl (C=O) groups is 2. The smallest absolute Gasteiger partial charge is 0.264 e. The molecule has 0 aliphatic heterocycles. The molecule has 7 nitrogen and oxygen atoms in total. The van der Waals surface area contributed by atoms with Gasteiger partial charge >= 0.3 is 0 Å². The monoisotopic (exact) mass is 637 g/mol. The minimum absolute atomic E-state index is 0.0163. The van der Waals surface area contributed by atoms with Crippen molar-refractivity contribution < 1.29 is 18.0 Å². The Labute approximate surface area is 263 Å². The zero-order valence-electron chi connectivity index (χ0n) is 23.9. The first-order valence-electron chi connectivity index (χ1n) is 13.8. The van der Waals surface area contributed by atoms with Gasteiger partial charge in [-0.3, -0.25) is 13.9 Å². The maximum absolute atomic E-state index is 14.4. The standard InChI is InChI=1S/C33H33Cl2N3O4S/c1-24(2)36-33(40)31(20-25-11-5-3-6-12-25)37(22-26-13-9-14-27(34)19-26)32(39)23-38(29-16-10-15-28(35)21-29)43(41,42)30-17-7-4-8-18-30/h3-19,21,24,31H,20,22-23H2,1-2H3,(H,36,40)/t31-/m1/s1. The fraction of sp³-hybridized carbons (Fsp3) is 0.212. The van der Waals surface area contributed by atoms with Crippen LogP contribution in [0.5, 0.6) is 0 Å². The summed E-state index contributed by atoms with van der Waals surface area (Å²) in [5, 5.41) is 3.72. The zero-order valence-corrected chi connectivity index (χ0v) is 26.2. The van der Waals surface area contributed by atoms with E-state index < -0.39 is 28.5 Å². The highest BCUT2D eigenvalue weighted by molar-refractivity contribution is 7.92. The summed E-state index contributed by atoms with van der Waals surface area (Å²) in [6.07, 6.45) is 0.217. The quantitative estimate of drug-likeness (QED) is 0.196. The van der Waals surface area contributed by atoms with Gasteiger partial charge in [-0.25, -0.2) is 8.42 Å². The molecule has 0 radical (unpaired) electrons. The van der Waals surface area contributed by atoms with Crippen LogP contribution in [-0.4, -0.2) is 43.8 Å². The lowest BCUT2D eigenvalue weighted by Crippen LogP contribution is -2.54. The van der Waals surface area contributed by atoms with Crippen molar-refractivity contribution in [2.75, 3.05) is 10.8 Å². The van der Waals surface area contributed by atoms with E-state index in [1.54, 1.807) is 54.6 Å². The summed E-state index contributed by atoms with van der Waals surface area (Å²) in [5.74, 6) is -0.922. The highest BCUT2D eigenvalue weighted by atomic mass is 35.5. The van der Waals surface area contributed by atoms with Crippen LogP contribution in [0.4, 0.5) is 5.69 Å². The van der Waals surface area contributed by atoms with Gasteiger partial charge in [0.05, 0.1) is 10.6 Å². The van der Waals surface area contributed by atoms with Gasteiger partial charge in [0.2, 0.25) is 11.8 Å². The van der Waals surface area contributed by atoms with Crippen LogP contribution in [0.2, 0.25) is 10.0 Å². The molecule has 0 aliphatic carbocycles. The van der Waals surface area contributed by atoms with Crippen LogP contribution in [-0.2, 0) is 32.6 Å². The number of rotatable bonds is 12. The predicted octanol–water partition coefficient (Wildman–Crippen LogP) is 6.35. The van der Waals surface area contributed by atoms with Gasteiger partial charge in [-0.1, -0.05) is 89.9 Å². The first-order chi connectivity index (χ1) is 20.5. The van der Waals surface area contributed by atoms with Gasteiger partial charge in [-0.15, -0.1) is 0 Å². The molecule has 1 atom stereocenters. The Morgan fingerprint density at radius 1 is 0.767 bits per heavy atom. The number of hydrogen-bond acceptors (Lipinski definition) is 4. The van der Waals surface area contributed by atoms with E-state index in [2.05, 4.69) is 5.32 Å². The number of hydrogen-bond donors (Lipinski definition) is 1. The lowest BCUT2D eigenvalue weighted by molar-refractivity contribution is -0.140. The molecule has 0 aromatic heterocycles. The third kappa shape index (κ3) is 8.60. The van der Waals surface area contributed by atoms with Gasteiger partial charge in [-0.05, 0) is 67.4 Å². The van der Waals surface area contributed by atoms with Crippen LogP contribution >= 0.6 is 23.2 Å². The van der Waals surface area contributed by atoms with Gasteiger partial charge < -0.3 is 10.2 Å². The molecular formula is C33H33Cl2N3O4S. The summed E-state index contributed by atoms with van der Waals surface area (Å²) in [7, 11) is -4.20. The fourth-order valence-electron chi connectivity index (χ4n) is 4.65. The molecular weight excluding hydrogens is 605 g/mol. The second-order valence-corrected chi connectivity index (χ2v) is 13.1. The van der Waals surface area contributed by atoms with Crippen molar-refractivity contribution in [2.45, 2.75) is 43.8 Å². The molecule has 224 valence electrons. The molecule has 4 aromatic rings. The summed E-state index contributed by atoms with van der Waals surface area (Å²) in [5.41, 5.74) is 1.76. The number of benzene rings is 4. The molecule has 1 N–H and O–H groups in total. The molecule has 10 heteroatoms. The van der Waals surface area contributed by atoms with E-state index in [1.807, 2.05) is 50.2 Å². The number of nitrogens with zero attached hydrogens (tertiary/aromatic N) is 2. The lowest BCUT2D eigenvalue weighted by atomic mass is 10.0. The van der Waals surface area contributed by atoms with Gasteiger partial charge in [0.15, 0.2) is 0 Å². The van der Waals surface area contributed by atoms with E-state index in [9.17, 15) is 18.0 Å². The van der Waals surface area contributed by atoms with Crippen LogP contribution in [0.25, 0.3) is 0 Å². The average Bonchev–Trinajstić information content (AvgIpc) is 2.98. The largest absolute Gasteiger partial charge is 0.352 e. The van der Waals surface area contributed by atoms with E-state index in [0.717, 1.165) is 9.87 Å².